The average molecular weight is 192 g/mol. The highest BCUT2D eigenvalue weighted by molar-refractivity contribution is 7.84. The van der Waals surface area contributed by atoms with Gasteiger partial charge < -0.3 is 5.32 Å². The molecule has 0 saturated carbocycles. The number of hydrazine groups is 1. The summed E-state index contributed by atoms with van der Waals surface area (Å²) in [4.78, 5) is 3.80. The van der Waals surface area contributed by atoms with Crippen molar-refractivity contribution < 1.29 is 4.21 Å². The molecule has 0 aliphatic carbocycles. The van der Waals surface area contributed by atoms with Gasteiger partial charge in [-0.05, 0) is 0 Å². The van der Waals surface area contributed by atoms with Gasteiger partial charge in [-0.15, -0.1) is 0 Å². The van der Waals surface area contributed by atoms with E-state index >= 15 is 0 Å². The van der Waals surface area contributed by atoms with Gasteiger partial charge in [-0.25, -0.2) is 5.84 Å². The molecular weight excluding hydrogens is 176 g/mol. The number of guanidine groups is 1. The lowest BCUT2D eigenvalue weighted by molar-refractivity contribution is 0.682. The minimum atomic E-state index is -0.733. The minimum Gasteiger partial charge on any atom is -0.354 e. The minimum absolute atomic E-state index is 0.517. The Morgan fingerprint density at radius 1 is 1.67 bits per heavy atom. The van der Waals surface area contributed by atoms with Crippen molar-refractivity contribution in [2.75, 3.05) is 25.1 Å². The number of nitrogens with zero attached hydrogens (tertiary/aromatic N) is 1. The van der Waals surface area contributed by atoms with Crippen molar-refractivity contribution in [3.63, 3.8) is 0 Å². The highest BCUT2D eigenvalue weighted by Gasteiger charge is 1.96. The number of hydrogen-bond donors (Lipinski definition) is 3. The lowest BCUT2D eigenvalue weighted by Crippen LogP contribution is -2.42. The second kappa shape index (κ2) is 7.05. The Kier molecular flexibility index (Phi) is 6.69. The molecule has 0 spiro atoms. The quantitative estimate of drug-likeness (QED) is 0.226. The third-order valence-corrected chi connectivity index (χ3v) is 2.61. The molecule has 0 rings (SSSR count). The van der Waals surface area contributed by atoms with Crippen LogP contribution in [0.2, 0.25) is 0 Å². The maximum atomic E-state index is 10.9. The van der Waals surface area contributed by atoms with Gasteiger partial charge in [0.15, 0.2) is 0 Å². The molecule has 0 radical (unpaired) electrons. The molecule has 0 aliphatic heterocycles. The second-order valence-electron chi connectivity index (χ2n) is 2.08. The van der Waals surface area contributed by atoms with Crippen LogP contribution < -0.4 is 16.6 Å². The van der Waals surface area contributed by atoms with E-state index in [4.69, 9.17) is 5.84 Å². The van der Waals surface area contributed by atoms with E-state index in [1.54, 1.807) is 7.05 Å². The third-order valence-electron chi connectivity index (χ3n) is 1.30. The zero-order valence-electron chi connectivity index (χ0n) is 7.46. The van der Waals surface area contributed by atoms with E-state index in [9.17, 15) is 4.21 Å². The topological polar surface area (TPSA) is 79.5 Å². The molecule has 0 heterocycles. The molecule has 1 unspecified atom stereocenters. The van der Waals surface area contributed by atoms with Crippen LogP contribution in [0, 0.1) is 0 Å². The summed E-state index contributed by atoms with van der Waals surface area (Å²) in [7, 11) is 0.891. The molecule has 0 aliphatic rings. The van der Waals surface area contributed by atoms with Gasteiger partial charge in [0.1, 0.15) is 0 Å². The zero-order chi connectivity index (χ0) is 9.40. The van der Waals surface area contributed by atoms with E-state index < -0.39 is 10.8 Å². The summed E-state index contributed by atoms with van der Waals surface area (Å²) >= 11 is 0. The Morgan fingerprint density at radius 3 is 2.75 bits per heavy atom. The maximum Gasteiger partial charge on any atom is 0.205 e. The van der Waals surface area contributed by atoms with Gasteiger partial charge in [-0.2, -0.15) is 0 Å². The molecule has 0 fully saturated rings. The smallest absolute Gasteiger partial charge is 0.205 e. The summed E-state index contributed by atoms with van der Waals surface area (Å²) in [6, 6.07) is 0. The van der Waals surface area contributed by atoms with Crippen molar-refractivity contribution in [1.82, 2.24) is 10.7 Å². The number of hydrogen-bond acceptors (Lipinski definition) is 3. The fourth-order valence-electron chi connectivity index (χ4n) is 0.622. The first kappa shape index (κ1) is 11.4. The molecule has 5 nitrogen and oxygen atoms in total. The highest BCUT2D eigenvalue weighted by atomic mass is 32.2. The van der Waals surface area contributed by atoms with E-state index in [2.05, 4.69) is 15.7 Å². The highest BCUT2D eigenvalue weighted by Crippen LogP contribution is 1.78. The van der Waals surface area contributed by atoms with Gasteiger partial charge >= 0.3 is 0 Å². The summed E-state index contributed by atoms with van der Waals surface area (Å²) < 4.78 is 10.9. The molecule has 0 saturated heterocycles. The van der Waals surface area contributed by atoms with Crippen LogP contribution in [-0.4, -0.2) is 35.3 Å². The Hall–Kier alpha value is -0.620. The van der Waals surface area contributed by atoms with Crippen LogP contribution in [0.3, 0.4) is 0 Å². The first-order valence-electron chi connectivity index (χ1n) is 3.76. The first-order valence-corrected chi connectivity index (χ1v) is 5.25. The molecular formula is C6H16N4OS. The number of aliphatic imine (C=N–C) groups is 1. The molecule has 6 heteroatoms. The third kappa shape index (κ3) is 5.09. The van der Waals surface area contributed by atoms with Crippen molar-refractivity contribution in [2.45, 2.75) is 6.92 Å². The summed E-state index contributed by atoms with van der Waals surface area (Å²) in [6.45, 7) is 2.52. The molecule has 1 atom stereocenters. The van der Waals surface area contributed by atoms with Crippen molar-refractivity contribution in [2.24, 2.45) is 10.8 Å². The predicted octanol–water partition coefficient (Wildman–Crippen LogP) is -1.21. The van der Waals surface area contributed by atoms with Crippen LogP contribution in [-0.2, 0) is 10.8 Å². The molecule has 0 aromatic heterocycles. The van der Waals surface area contributed by atoms with Gasteiger partial charge in [-0.1, -0.05) is 6.92 Å². The van der Waals surface area contributed by atoms with Crippen LogP contribution in [0.4, 0.5) is 0 Å². The summed E-state index contributed by atoms with van der Waals surface area (Å²) in [6.07, 6.45) is 0. The van der Waals surface area contributed by atoms with Crippen molar-refractivity contribution in [1.29, 1.82) is 0 Å². The van der Waals surface area contributed by atoms with E-state index in [1.165, 1.54) is 0 Å². The lowest BCUT2D eigenvalue weighted by atomic mass is 10.7. The molecule has 12 heavy (non-hydrogen) atoms. The van der Waals surface area contributed by atoms with Gasteiger partial charge in [-0.3, -0.25) is 14.6 Å². The van der Waals surface area contributed by atoms with E-state index in [1.807, 2.05) is 6.92 Å². The molecule has 0 aromatic rings. The van der Waals surface area contributed by atoms with Crippen LogP contribution in [0.25, 0.3) is 0 Å². The van der Waals surface area contributed by atoms with Crippen LogP contribution >= 0.6 is 0 Å². The average Bonchev–Trinajstić information content (AvgIpc) is 2.12. The summed E-state index contributed by atoms with van der Waals surface area (Å²) in [5.74, 6) is 6.94. The number of rotatable bonds is 4. The van der Waals surface area contributed by atoms with Crippen LogP contribution in [0.15, 0.2) is 4.99 Å². The Morgan fingerprint density at radius 2 is 2.33 bits per heavy atom. The van der Waals surface area contributed by atoms with E-state index in [0.717, 1.165) is 0 Å². The van der Waals surface area contributed by atoms with Crippen molar-refractivity contribution in [3.8, 4) is 0 Å². The first-order chi connectivity index (χ1) is 5.74. The summed E-state index contributed by atoms with van der Waals surface area (Å²) in [5, 5.41) is 2.91. The monoisotopic (exact) mass is 192 g/mol. The Bertz CT molecular complexity index is 171. The number of nitrogens with one attached hydrogen (secondary N) is 2. The molecule has 72 valence electrons. The number of nitrogens with two attached hydrogens (primary N) is 1. The van der Waals surface area contributed by atoms with Gasteiger partial charge in [0.2, 0.25) is 5.96 Å². The zero-order valence-corrected chi connectivity index (χ0v) is 8.28. The fraction of sp³-hybridized carbons (Fsp3) is 0.833. The van der Waals surface area contributed by atoms with E-state index in [0.29, 0.717) is 24.0 Å². The molecule has 4 N–H and O–H groups in total. The van der Waals surface area contributed by atoms with Crippen molar-refractivity contribution in [3.05, 3.63) is 0 Å². The van der Waals surface area contributed by atoms with Gasteiger partial charge in [0.25, 0.3) is 0 Å². The largest absolute Gasteiger partial charge is 0.354 e. The molecule has 0 amide bonds. The molecule has 0 aromatic carbocycles. The van der Waals surface area contributed by atoms with Gasteiger partial charge in [0, 0.05) is 35.9 Å². The maximum absolute atomic E-state index is 10.9. The normalized spacial score (nSPS) is 14.1. The SMILES string of the molecule is CCS(=O)CCNC(=NC)NN. The summed E-state index contributed by atoms with van der Waals surface area (Å²) in [5.41, 5.74) is 2.38. The van der Waals surface area contributed by atoms with Crippen molar-refractivity contribution >= 4 is 16.8 Å². The predicted molar refractivity (Wildman–Crippen MR) is 52.2 cm³/mol. The fourth-order valence-corrected chi connectivity index (χ4v) is 1.24. The molecule has 0 bridgehead atoms. The standard InChI is InChI=1S/C6H16N4OS/c1-3-12(11)5-4-9-6(8-2)10-7/h3-5,7H2,1-2H3,(H2,8,9,10). The van der Waals surface area contributed by atoms with Crippen LogP contribution in [0.5, 0.6) is 0 Å². The van der Waals surface area contributed by atoms with Gasteiger partial charge in [0.05, 0.1) is 0 Å². The Balaban J connectivity index is 3.48. The van der Waals surface area contributed by atoms with Crippen LogP contribution in [0.1, 0.15) is 6.92 Å². The van der Waals surface area contributed by atoms with E-state index in [-0.39, 0.29) is 0 Å². The Labute approximate surface area is 75.2 Å². The second-order valence-corrected chi connectivity index (χ2v) is 3.94. The lowest BCUT2D eigenvalue weighted by Gasteiger charge is -2.06.